The quantitative estimate of drug-likeness (QED) is 0.866. The lowest BCUT2D eigenvalue weighted by Crippen LogP contribution is -2.42. The van der Waals surface area contributed by atoms with Crippen LogP contribution in [0, 0.1) is 5.13 Å². The van der Waals surface area contributed by atoms with Gasteiger partial charge in [-0.1, -0.05) is 5.57 Å². The molecule has 0 saturated heterocycles. The zero-order chi connectivity index (χ0) is 14.0. The average Bonchev–Trinajstić information content (AvgIpc) is 2.76. The first kappa shape index (κ1) is 14.2. The summed E-state index contributed by atoms with van der Waals surface area (Å²) in [6.45, 7) is 0. The molecule has 1 N–H and O–H groups in total. The first-order chi connectivity index (χ1) is 8.94. The van der Waals surface area contributed by atoms with Gasteiger partial charge in [0.2, 0.25) is 0 Å². The highest BCUT2D eigenvalue weighted by Gasteiger charge is 2.38. The Kier molecular flexibility index (Phi) is 4.06. The first-order valence-electron chi connectivity index (χ1n) is 6.30. The first-order valence-corrected chi connectivity index (χ1v) is 7.11. The fourth-order valence-electron chi connectivity index (χ4n) is 2.78. The number of thiophene rings is 1. The molecule has 1 aliphatic rings. The van der Waals surface area contributed by atoms with Gasteiger partial charge < -0.3 is 5.11 Å². The van der Waals surface area contributed by atoms with Crippen molar-refractivity contribution in [1.29, 1.82) is 0 Å². The van der Waals surface area contributed by atoms with Crippen LogP contribution in [0.25, 0.3) is 0 Å². The lowest BCUT2D eigenvalue weighted by Gasteiger charge is -2.43. The van der Waals surface area contributed by atoms with Crippen molar-refractivity contribution in [2.45, 2.75) is 31.2 Å². The third-order valence-electron chi connectivity index (χ3n) is 3.93. The number of rotatable bonds is 3. The minimum absolute atomic E-state index is 0.162. The predicted molar refractivity (Wildman–Crippen MR) is 73.8 cm³/mol. The number of aliphatic carboxylic acids is 1. The summed E-state index contributed by atoms with van der Waals surface area (Å²) in [6, 6.07) is 3.36. The Morgan fingerprint density at radius 2 is 2.05 bits per heavy atom. The maximum absolute atomic E-state index is 13.3. The molecule has 1 heterocycles. The van der Waals surface area contributed by atoms with Crippen LogP contribution in [0.1, 0.15) is 30.6 Å². The van der Waals surface area contributed by atoms with Crippen molar-refractivity contribution in [3.05, 3.63) is 33.8 Å². The van der Waals surface area contributed by atoms with Crippen LogP contribution in [0.4, 0.5) is 4.39 Å². The van der Waals surface area contributed by atoms with Gasteiger partial charge in [-0.15, -0.1) is 11.3 Å². The maximum Gasteiger partial charge on any atom is 0.328 e. The van der Waals surface area contributed by atoms with E-state index < -0.39 is 5.97 Å². The number of hydrogen-bond acceptors (Lipinski definition) is 3. The molecule has 5 heteroatoms. The van der Waals surface area contributed by atoms with Gasteiger partial charge >= 0.3 is 5.97 Å². The molecule has 104 valence electrons. The fraction of sp³-hybridized carbons (Fsp3) is 0.500. The molecule has 0 aromatic carbocycles. The summed E-state index contributed by atoms with van der Waals surface area (Å²) >= 11 is 1.19. The zero-order valence-electron chi connectivity index (χ0n) is 11.1. The largest absolute Gasteiger partial charge is 0.478 e. The summed E-state index contributed by atoms with van der Waals surface area (Å²) < 4.78 is 13.3. The molecule has 0 unspecified atom stereocenters. The van der Waals surface area contributed by atoms with Crippen molar-refractivity contribution in [1.82, 2.24) is 4.90 Å². The summed E-state index contributed by atoms with van der Waals surface area (Å²) in [5, 5.41) is 8.63. The summed E-state index contributed by atoms with van der Waals surface area (Å²) in [4.78, 5) is 13.9. The molecule has 0 spiro atoms. The molecular formula is C14H18FNO2S. The minimum atomic E-state index is -0.880. The van der Waals surface area contributed by atoms with Crippen molar-refractivity contribution < 1.29 is 14.3 Å². The van der Waals surface area contributed by atoms with Gasteiger partial charge in [0.25, 0.3) is 0 Å². The Hall–Kier alpha value is -1.20. The number of hydrogen-bond donors (Lipinski definition) is 1. The molecule has 1 aromatic heterocycles. The third kappa shape index (κ3) is 2.87. The van der Waals surface area contributed by atoms with Crippen LogP contribution < -0.4 is 0 Å². The van der Waals surface area contributed by atoms with Gasteiger partial charge in [0.05, 0.1) is 5.54 Å². The molecule has 0 aliphatic heterocycles. The second kappa shape index (κ2) is 5.43. The molecule has 2 rings (SSSR count). The van der Waals surface area contributed by atoms with Crippen LogP contribution in [-0.2, 0) is 10.3 Å². The van der Waals surface area contributed by atoms with E-state index in [-0.39, 0.29) is 10.7 Å². The minimum Gasteiger partial charge on any atom is -0.478 e. The Morgan fingerprint density at radius 1 is 1.42 bits per heavy atom. The number of carboxylic acid groups (broad SMARTS) is 1. The van der Waals surface area contributed by atoms with E-state index in [0.717, 1.165) is 36.1 Å². The molecule has 1 fully saturated rings. The van der Waals surface area contributed by atoms with E-state index in [1.165, 1.54) is 23.5 Å². The Labute approximate surface area is 116 Å². The van der Waals surface area contributed by atoms with E-state index in [1.54, 1.807) is 0 Å². The molecule has 1 saturated carbocycles. The van der Waals surface area contributed by atoms with E-state index in [2.05, 4.69) is 4.90 Å². The van der Waals surface area contributed by atoms with Crippen LogP contribution in [0.15, 0.2) is 23.8 Å². The standard InChI is InChI=1S/C14H18FNO2S/c1-16(2)14(11-3-4-12(15)19-11)7-5-10(6-8-14)9-13(17)18/h3-4,9H,5-8H2,1-2H3,(H,17,18). The van der Waals surface area contributed by atoms with Crippen molar-refractivity contribution in [3.63, 3.8) is 0 Å². The molecular weight excluding hydrogens is 265 g/mol. The maximum atomic E-state index is 13.3. The van der Waals surface area contributed by atoms with Gasteiger partial charge in [0.15, 0.2) is 5.13 Å². The van der Waals surface area contributed by atoms with Crippen LogP contribution in [0.5, 0.6) is 0 Å². The SMILES string of the molecule is CN(C)C1(c2ccc(F)s2)CCC(=CC(=O)O)CC1. The number of carboxylic acids is 1. The van der Waals surface area contributed by atoms with E-state index in [4.69, 9.17) is 5.11 Å². The van der Waals surface area contributed by atoms with Gasteiger partial charge in [-0.2, -0.15) is 4.39 Å². The highest BCUT2D eigenvalue weighted by molar-refractivity contribution is 7.10. The lowest BCUT2D eigenvalue weighted by atomic mass is 9.77. The average molecular weight is 283 g/mol. The second-order valence-electron chi connectivity index (χ2n) is 5.17. The van der Waals surface area contributed by atoms with Crippen LogP contribution >= 0.6 is 11.3 Å². The van der Waals surface area contributed by atoms with E-state index >= 15 is 0 Å². The molecule has 0 atom stereocenters. The highest BCUT2D eigenvalue weighted by Crippen LogP contribution is 2.44. The van der Waals surface area contributed by atoms with Gasteiger partial charge in [0, 0.05) is 11.0 Å². The molecule has 0 amide bonds. The number of nitrogens with zero attached hydrogens (tertiary/aromatic N) is 1. The smallest absolute Gasteiger partial charge is 0.328 e. The Bertz CT molecular complexity index is 497. The second-order valence-corrected chi connectivity index (χ2v) is 6.20. The van der Waals surface area contributed by atoms with Crippen LogP contribution in [0.2, 0.25) is 0 Å². The lowest BCUT2D eigenvalue weighted by molar-refractivity contribution is -0.131. The molecule has 1 aromatic rings. The van der Waals surface area contributed by atoms with E-state index in [0.29, 0.717) is 0 Å². The number of halogens is 1. The van der Waals surface area contributed by atoms with E-state index in [9.17, 15) is 9.18 Å². The van der Waals surface area contributed by atoms with Crippen molar-refractivity contribution >= 4 is 17.3 Å². The van der Waals surface area contributed by atoms with Gasteiger partial charge in [0.1, 0.15) is 0 Å². The topological polar surface area (TPSA) is 40.5 Å². The zero-order valence-corrected chi connectivity index (χ0v) is 12.0. The third-order valence-corrected chi connectivity index (χ3v) is 5.00. The molecule has 3 nitrogen and oxygen atoms in total. The van der Waals surface area contributed by atoms with E-state index in [1.807, 2.05) is 20.2 Å². The molecule has 0 radical (unpaired) electrons. The normalized spacial score (nSPS) is 23.7. The highest BCUT2D eigenvalue weighted by atomic mass is 32.1. The predicted octanol–water partition coefficient (Wildman–Crippen LogP) is 3.23. The summed E-state index contributed by atoms with van der Waals surface area (Å²) in [5.74, 6) is -0.880. The Morgan fingerprint density at radius 3 is 2.47 bits per heavy atom. The molecule has 1 aliphatic carbocycles. The monoisotopic (exact) mass is 283 g/mol. The van der Waals surface area contributed by atoms with Crippen molar-refractivity contribution in [2.24, 2.45) is 0 Å². The summed E-state index contributed by atoms with van der Waals surface area (Å²) in [6.07, 6.45) is 4.49. The number of carbonyl (C=O) groups is 1. The van der Waals surface area contributed by atoms with Gasteiger partial charge in [-0.25, -0.2) is 4.79 Å². The molecule has 19 heavy (non-hydrogen) atoms. The van der Waals surface area contributed by atoms with Crippen LogP contribution in [0.3, 0.4) is 0 Å². The Balaban J connectivity index is 2.23. The summed E-state index contributed by atoms with van der Waals surface area (Å²) in [7, 11) is 4.01. The van der Waals surface area contributed by atoms with Crippen molar-refractivity contribution in [3.8, 4) is 0 Å². The number of allylic oxidation sites excluding steroid dienone is 1. The summed E-state index contributed by atoms with van der Waals surface area (Å²) in [5.41, 5.74) is 0.812. The van der Waals surface area contributed by atoms with Crippen molar-refractivity contribution in [2.75, 3.05) is 14.1 Å². The van der Waals surface area contributed by atoms with Gasteiger partial charge in [-0.05, 0) is 51.9 Å². The van der Waals surface area contributed by atoms with Gasteiger partial charge in [-0.3, -0.25) is 4.90 Å². The molecule has 0 bridgehead atoms. The van der Waals surface area contributed by atoms with Crippen LogP contribution in [-0.4, -0.2) is 30.1 Å². The fourth-order valence-corrected chi connectivity index (χ4v) is 3.84.